The third kappa shape index (κ3) is 5.31. The van der Waals surface area contributed by atoms with Gasteiger partial charge in [-0.2, -0.15) is 0 Å². The molecule has 0 unspecified atom stereocenters. The summed E-state index contributed by atoms with van der Waals surface area (Å²) < 4.78 is 0. The first-order chi connectivity index (χ1) is 8.79. The largest absolute Gasteiger partial charge is 0.353 e. The zero-order valence-electron chi connectivity index (χ0n) is 12.1. The van der Waals surface area contributed by atoms with Gasteiger partial charge in [-0.3, -0.25) is 4.79 Å². The van der Waals surface area contributed by atoms with Gasteiger partial charge >= 0.3 is 0 Å². The predicted molar refractivity (Wildman–Crippen MR) is 81.6 cm³/mol. The zero-order chi connectivity index (χ0) is 12.8. The van der Waals surface area contributed by atoms with E-state index in [2.05, 4.69) is 17.6 Å². The van der Waals surface area contributed by atoms with Crippen molar-refractivity contribution in [3.63, 3.8) is 0 Å². The molecule has 0 aromatic heterocycles. The molecule has 2 fully saturated rings. The molecule has 0 bridgehead atoms. The van der Waals surface area contributed by atoms with Crippen LogP contribution in [0.25, 0.3) is 0 Å². The first-order valence-corrected chi connectivity index (χ1v) is 7.80. The van der Waals surface area contributed by atoms with Crippen LogP contribution >= 0.6 is 12.4 Å². The summed E-state index contributed by atoms with van der Waals surface area (Å²) in [7, 11) is 0. The second kappa shape index (κ2) is 8.80. The smallest absolute Gasteiger partial charge is 0.223 e. The van der Waals surface area contributed by atoms with Crippen LogP contribution in [-0.2, 0) is 4.79 Å². The summed E-state index contributed by atoms with van der Waals surface area (Å²) in [6.07, 6.45) is 9.71. The maximum atomic E-state index is 12.1. The van der Waals surface area contributed by atoms with Gasteiger partial charge in [-0.25, -0.2) is 0 Å². The summed E-state index contributed by atoms with van der Waals surface area (Å²) >= 11 is 0. The number of hydrogen-bond donors (Lipinski definition) is 2. The fourth-order valence-corrected chi connectivity index (χ4v) is 3.41. The van der Waals surface area contributed by atoms with Crippen molar-refractivity contribution >= 4 is 18.3 Å². The summed E-state index contributed by atoms with van der Waals surface area (Å²) in [6.45, 7) is 4.27. The van der Waals surface area contributed by atoms with Gasteiger partial charge < -0.3 is 10.6 Å². The molecule has 0 aromatic rings. The summed E-state index contributed by atoms with van der Waals surface area (Å²) in [4.78, 5) is 12.1. The first kappa shape index (κ1) is 16.8. The molecular formula is C15H29ClN2O. The number of piperidine rings is 1. The Morgan fingerprint density at radius 3 is 2.32 bits per heavy atom. The minimum absolute atomic E-state index is 0. The topological polar surface area (TPSA) is 41.1 Å². The summed E-state index contributed by atoms with van der Waals surface area (Å²) in [5, 5.41) is 6.60. The van der Waals surface area contributed by atoms with Gasteiger partial charge in [-0.15, -0.1) is 12.4 Å². The van der Waals surface area contributed by atoms with Crippen molar-refractivity contribution in [1.82, 2.24) is 10.6 Å². The number of halogens is 1. The standard InChI is InChI=1S/C15H28N2O.ClH/c1-2-3-12-4-6-14(7-5-12)17-15(18)13-8-10-16-11-9-13;/h12-14,16H,2-11H2,1H3,(H,17,18);1H. The van der Waals surface area contributed by atoms with Crippen molar-refractivity contribution in [3.8, 4) is 0 Å². The second-order valence-electron chi connectivity index (χ2n) is 6.04. The fourth-order valence-electron chi connectivity index (χ4n) is 3.41. The van der Waals surface area contributed by atoms with E-state index < -0.39 is 0 Å². The minimum Gasteiger partial charge on any atom is -0.353 e. The van der Waals surface area contributed by atoms with Crippen molar-refractivity contribution in [1.29, 1.82) is 0 Å². The lowest BCUT2D eigenvalue weighted by molar-refractivity contribution is -0.126. The highest BCUT2D eigenvalue weighted by Crippen LogP contribution is 2.28. The van der Waals surface area contributed by atoms with Crippen LogP contribution in [0.15, 0.2) is 0 Å². The lowest BCUT2D eigenvalue weighted by atomic mass is 9.83. The zero-order valence-corrected chi connectivity index (χ0v) is 12.9. The van der Waals surface area contributed by atoms with Crippen molar-refractivity contribution in [2.75, 3.05) is 13.1 Å². The molecule has 0 spiro atoms. The van der Waals surface area contributed by atoms with Crippen LogP contribution < -0.4 is 10.6 Å². The average Bonchev–Trinajstić information content (AvgIpc) is 2.42. The molecule has 4 heteroatoms. The number of amides is 1. The van der Waals surface area contributed by atoms with E-state index >= 15 is 0 Å². The number of rotatable bonds is 4. The van der Waals surface area contributed by atoms with Crippen LogP contribution in [0.2, 0.25) is 0 Å². The monoisotopic (exact) mass is 288 g/mol. The number of carbonyl (C=O) groups excluding carboxylic acids is 1. The van der Waals surface area contributed by atoms with Crippen molar-refractivity contribution in [3.05, 3.63) is 0 Å². The van der Waals surface area contributed by atoms with E-state index in [0.717, 1.165) is 31.8 Å². The van der Waals surface area contributed by atoms with Crippen LogP contribution in [-0.4, -0.2) is 25.0 Å². The number of nitrogens with one attached hydrogen (secondary N) is 2. The minimum atomic E-state index is 0. The summed E-state index contributed by atoms with van der Waals surface area (Å²) in [5.74, 6) is 1.50. The Bertz CT molecular complexity index is 259. The van der Waals surface area contributed by atoms with E-state index in [4.69, 9.17) is 0 Å². The predicted octanol–water partition coefficient (Wildman–Crippen LogP) is 2.88. The molecule has 2 aliphatic rings. The van der Waals surface area contributed by atoms with E-state index in [1.165, 1.54) is 38.5 Å². The molecule has 1 saturated carbocycles. The maximum absolute atomic E-state index is 12.1. The Hall–Kier alpha value is -0.280. The molecular weight excluding hydrogens is 260 g/mol. The Balaban J connectivity index is 0.00000180. The van der Waals surface area contributed by atoms with Crippen LogP contribution in [0.5, 0.6) is 0 Å². The van der Waals surface area contributed by atoms with Gasteiger partial charge in [0.2, 0.25) is 5.91 Å². The van der Waals surface area contributed by atoms with Crippen molar-refractivity contribution < 1.29 is 4.79 Å². The molecule has 0 atom stereocenters. The highest BCUT2D eigenvalue weighted by molar-refractivity contribution is 5.85. The van der Waals surface area contributed by atoms with Gasteiger partial charge in [0.05, 0.1) is 0 Å². The van der Waals surface area contributed by atoms with E-state index in [0.29, 0.717) is 11.9 Å². The molecule has 1 saturated heterocycles. The molecule has 1 heterocycles. The third-order valence-corrected chi connectivity index (χ3v) is 4.60. The van der Waals surface area contributed by atoms with E-state index in [-0.39, 0.29) is 18.3 Å². The Kier molecular flexibility index (Phi) is 7.77. The van der Waals surface area contributed by atoms with Crippen LogP contribution in [0.1, 0.15) is 58.3 Å². The van der Waals surface area contributed by atoms with Crippen LogP contribution in [0, 0.1) is 11.8 Å². The second-order valence-corrected chi connectivity index (χ2v) is 6.04. The van der Waals surface area contributed by atoms with Gasteiger partial charge in [-0.1, -0.05) is 19.8 Å². The van der Waals surface area contributed by atoms with Crippen molar-refractivity contribution in [2.45, 2.75) is 64.3 Å². The van der Waals surface area contributed by atoms with Gasteiger partial charge in [-0.05, 0) is 57.5 Å². The van der Waals surface area contributed by atoms with Crippen molar-refractivity contribution in [2.24, 2.45) is 11.8 Å². The van der Waals surface area contributed by atoms with E-state index in [9.17, 15) is 4.79 Å². The molecule has 112 valence electrons. The molecule has 2 rings (SSSR count). The maximum Gasteiger partial charge on any atom is 0.223 e. The quantitative estimate of drug-likeness (QED) is 0.835. The SMILES string of the molecule is CCCC1CCC(NC(=O)C2CCNCC2)CC1.Cl. The molecule has 2 N–H and O–H groups in total. The summed E-state index contributed by atoms with van der Waals surface area (Å²) in [6, 6.07) is 0.459. The van der Waals surface area contributed by atoms with Gasteiger partial charge in [0.25, 0.3) is 0 Å². The Morgan fingerprint density at radius 2 is 1.74 bits per heavy atom. The number of hydrogen-bond acceptors (Lipinski definition) is 2. The van der Waals surface area contributed by atoms with Gasteiger partial charge in [0, 0.05) is 12.0 Å². The van der Waals surface area contributed by atoms with Crippen LogP contribution in [0.4, 0.5) is 0 Å². The lowest BCUT2D eigenvalue weighted by Gasteiger charge is -2.31. The fraction of sp³-hybridized carbons (Fsp3) is 0.933. The molecule has 0 aromatic carbocycles. The first-order valence-electron chi connectivity index (χ1n) is 7.80. The molecule has 1 amide bonds. The highest BCUT2D eigenvalue weighted by Gasteiger charge is 2.26. The highest BCUT2D eigenvalue weighted by atomic mass is 35.5. The Labute approximate surface area is 123 Å². The van der Waals surface area contributed by atoms with Gasteiger partial charge in [0.15, 0.2) is 0 Å². The van der Waals surface area contributed by atoms with Crippen LogP contribution in [0.3, 0.4) is 0 Å². The van der Waals surface area contributed by atoms with E-state index in [1.54, 1.807) is 0 Å². The molecule has 3 nitrogen and oxygen atoms in total. The number of carbonyl (C=O) groups is 1. The van der Waals surface area contributed by atoms with E-state index in [1.807, 2.05) is 0 Å². The summed E-state index contributed by atoms with van der Waals surface area (Å²) in [5.41, 5.74) is 0. The van der Waals surface area contributed by atoms with Gasteiger partial charge in [0.1, 0.15) is 0 Å². The normalized spacial score (nSPS) is 28.5. The third-order valence-electron chi connectivity index (χ3n) is 4.60. The average molecular weight is 289 g/mol. The molecule has 19 heavy (non-hydrogen) atoms. The molecule has 0 radical (unpaired) electrons. The lowest BCUT2D eigenvalue weighted by Crippen LogP contribution is -2.43. The molecule has 1 aliphatic carbocycles. The molecule has 1 aliphatic heterocycles. The Morgan fingerprint density at radius 1 is 1.11 bits per heavy atom.